The summed E-state index contributed by atoms with van der Waals surface area (Å²) in [6.07, 6.45) is -6.05. The van der Waals surface area contributed by atoms with E-state index in [1.54, 1.807) is 0 Å². The first-order valence-electron chi connectivity index (χ1n) is 7.07. The van der Waals surface area contributed by atoms with Crippen molar-refractivity contribution in [1.29, 1.82) is 0 Å². The lowest BCUT2D eigenvalue weighted by atomic mass is 10.2. The highest BCUT2D eigenvalue weighted by Gasteiger charge is 2.22. The van der Waals surface area contributed by atoms with E-state index in [4.69, 9.17) is 0 Å². The summed E-state index contributed by atoms with van der Waals surface area (Å²) in [7, 11) is 0. The van der Waals surface area contributed by atoms with Crippen LogP contribution in [0.1, 0.15) is 31.2 Å². The second-order valence-corrected chi connectivity index (χ2v) is 5.06. The Kier molecular flexibility index (Phi) is 5.73. The Morgan fingerprint density at radius 2 is 1.60 bits per heavy atom. The van der Waals surface area contributed by atoms with Gasteiger partial charge in [-0.05, 0) is 30.3 Å². The first-order valence-corrected chi connectivity index (χ1v) is 7.07. The zero-order chi connectivity index (χ0) is 18.6. The molecule has 0 aliphatic carbocycles. The lowest BCUT2D eigenvalue weighted by Crippen LogP contribution is -2.21. The number of carbonyl (C=O) groups excluding carboxylic acids is 2. The Balaban J connectivity index is 2.06. The molecule has 0 aliphatic heterocycles. The van der Waals surface area contributed by atoms with E-state index >= 15 is 0 Å². The molecular weight excluding hydrogens is 344 g/mol. The Morgan fingerprint density at radius 3 is 2.08 bits per heavy atom. The van der Waals surface area contributed by atoms with E-state index in [2.05, 4.69) is 15.7 Å². The number of hydrogen-bond donors (Lipinski definition) is 2. The van der Waals surface area contributed by atoms with Gasteiger partial charge >= 0.3 is 0 Å². The van der Waals surface area contributed by atoms with Gasteiger partial charge in [-0.25, -0.2) is 17.6 Å². The zero-order valence-electron chi connectivity index (χ0n) is 13.0. The highest BCUT2D eigenvalue weighted by Crippen LogP contribution is 2.25. The topological polar surface area (TPSA) is 76.0 Å². The third-order valence-corrected chi connectivity index (χ3v) is 3.06. The second kappa shape index (κ2) is 7.77. The SMILES string of the molecule is CC(=O)Nc1ccc(NC(=O)Cn2nc(C(F)F)cc2C(F)F)cc1. The second-order valence-electron chi connectivity index (χ2n) is 5.06. The number of nitrogens with zero attached hydrogens (tertiary/aromatic N) is 2. The van der Waals surface area contributed by atoms with Crippen molar-refractivity contribution in [2.24, 2.45) is 0 Å². The average Bonchev–Trinajstić information content (AvgIpc) is 2.93. The minimum absolute atomic E-state index is 0.259. The molecule has 134 valence electrons. The molecule has 1 heterocycles. The van der Waals surface area contributed by atoms with Gasteiger partial charge in [0.25, 0.3) is 12.9 Å². The van der Waals surface area contributed by atoms with Crippen LogP contribution >= 0.6 is 0 Å². The summed E-state index contributed by atoms with van der Waals surface area (Å²) in [6.45, 7) is 0.702. The normalized spacial score (nSPS) is 11.0. The highest BCUT2D eigenvalue weighted by molar-refractivity contribution is 5.92. The predicted octanol–water partition coefficient (Wildman–Crippen LogP) is 3.36. The smallest absolute Gasteiger partial charge is 0.282 e. The van der Waals surface area contributed by atoms with Crippen LogP contribution in [-0.2, 0) is 16.1 Å². The molecule has 0 saturated carbocycles. The summed E-state index contributed by atoms with van der Waals surface area (Å²) in [5, 5.41) is 8.31. The Bertz CT molecular complexity index is 759. The van der Waals surface area contributed by atoms with E-state index in [0.29, 0.717) is 22.1 Å². The number of benzene rings is 1. The molecule has 0 spiro atoms. The molecule has 10 heteroatoms. The van der Waals surface area contributed by atoms with E-state index in [1.165, 1.54) is 31.2 Å². The van der Waals surface area contributed by atoms with Crippen LogP contribution < -0.4 is 10.6 Å². The molecule has 25 heavy (non-hydrogen) atoms. The largest absolute Gasteiger partial charge is 0.326 e. The molecule has 0 bridgehead atoms. The fraction of sp³-hybridized carbons (Fsp3) is 0.267. The highest BCUT2D eigenvalue weighted by atomic mass is 19.3. The maximum absolute atomic E-state index is 12.9. The van der Waals surface area contributed by atoms with Gasteiger partial charge in [0.15, 0.2) is 0 Å². The predicted molar refractivity (Wildman–Crippen MR) is 81.5 cm³/mol. The molecule has 2 N–H and O–H groups in total. The molecule has 1 aromatic carbocycles. The third kappa shape index (κ3) is 5.03. The van der Waals surface area contributed by atoms with Crippen molar-refractivity contribution in [3.63, 3.8) is 0 Å². The van der Waals surface area contributed by atoms with Gasteiger partial charge in [-0.2, -0.15) is 5.10 Å². The number of amides is 2. The third-order valence-electron chi connectivity index (χ3n) is 3.06. The molecule has 0 radical (unpaired) electrons. The van der Waals surface area contributed by atoms with Crippen LogP contribution in [0.4, 0.5) is 28.9 Å². The van der Waals surface area contributed by atoms with E-state index in [0.717, 1.165) is 0 Å². The van der Waals surface area contributed by atoms with Crippen LogP contribution in [0, 0.1) is 0 Å². The summed E-state index contributed by atoms with van der Waals surface area (Å²) in [4.78, 5) is 22.8. The standard InChI is InChI=1S/C15H14F4N4O2/c1-8(24)20-9-2-4-10(5-3-9)21-13(25)7-23-12(15(18)19)6-11(22-23)14(16)17/h2-6,14-15H,7H2,1H3,(H,20,24)(H,21,25). The molecule has 2 amide bonds. The van der Waals surface area contributed by atoms with Crippen molar-refractivity contribution in [2.75, 3.05) is 10.6 Å². The average molecular weight is 358 g/mol. The molecule has 0 saturated heterocycles. The first kappa shape index (κ1) is 18.4. The molecule has 0 unspecified atom stereocenters. The number of alkyl halides is 4. The molecular formula is C15H14F4N4O2. The van der Waals surface area contributed by atoms with Crippen molar-refractivity contribution in [1.82, 2.24) is 9.78 Å². The monoisotopic (exact) mass is 358 g/mol. The number of nitrogens with one attached hydrogen (secondary N) is 2. The number of halogens is 4. The van der Waals surface area contributed by atoms with Crippen molar-refractivity contribution in [3.05, 3.63) is 41.7 Å². The van der Waals surface area contributed by atoms with E-state index < -0.39 is 36.7 Å². The first-order chi connectivity index (χ1) is 11.8. The van der Waals surface area contributed by atoms with Crippen LogP contribution in [0.25, 0.3) is 0 Å². The Labute approximate surface area is 139 Å². The molecule has 0 fully saturated rings. The summed E-state index contributed by atoms with van der Waals surface area (Å²) in [5.41, 5.74) is -0.715. The fourth-order valence-corrected chi connectivity index (χ4v) is 2.04. The van der Waals surface area contributed by atoms with Gasteiger partial charge in [0.2, 0.25) is 11.8 Å². The van der Waals surface area contributed by atoms with Crippen LogP contribution in [0.2, 0.25) is 0 Å². The molecule has 1 aromatic heterocycles. The maximum Gasteiger partial charge on any atom is 0.282 e. The number of aromatic nitrogens is 2. The summed E-state index contributed by atoms with van der Waals surface area (Å²) in [5.74, 6) is -0.970. The lowest BCUT2D eigenvalue weighted by Gasteiger charge is -2.09. The molecule has 2 rings (SSSR count). The van der Waals surface area contributed by atoms with E-state index in [9.17, 15) is 27.2 Å². The quantitative estimate of drug-likeness (QED) is 0.778. The Morgan fingerprint density at radius 1 is 1.04 bits per heavy atom. The Hall–Kier alpha value is -2.91. The van der Waals surface area contributed by atoms with Crippen LogP contribution in [-0.4, -0.2) is 21.6 Å². The lowest BCUT2D eigenvalue weighted by molar-refractivity contribution is -0.117. The van der Waals surface area contributed by atoms with Gasteiger partial charge in [0.1, 0.15) is 17.9 Å². The molecule has 6 nitrogen and oxygen atoms in total. The van der Waals surface area contributed by atoms with Gasteiger partial charge in [-0.1, -0.05) is 0 Å². The van der Waals surface area contributed by atoms with Crippen LogP contribution in [0.3, 0.4) is 0 Å². The molecule has 0 atom stereocenters. The van der Waals surface area contributed by atoms with Gasteiger partial charge in [0.05, 0.1) is 0 Å². The number of rotatable bonds is 6. The van der Waals surface area contributed by atoms with E-state index in [-0.39, 0.29) is 5.91 Å². The summed E-state index contributed by atoms with van der Waals surface area (Å²) < 4.78 is 51.4. The summed E-state index contributed by atoms with van der Waals surface area (Å²) >= 11 is 0. The molecule has 0 aliphatic rings. The van der Waals surface area contributed by atoms with Crippen LogP contribution in [0.5, 0.6) is 0 Å². The number of hydrogen-bond acceptors (Lipinski definition) is 3. The van der Waals surface area contributed by atoms with Gasteiger partial charge in [-0.3, -0.25) is 14.3 Å². The van der Waals surface area contributed by atoms with Crippen molar-refractivity contribution in [2.45, 2.75) is 26.3 Å². The molecule has 2 aromatic rings. The van der Waals surface area contributed by atoms with Crippen LogP contribution in [0.15, 0.2) is 30.3 Å². The van der Waals surface area contributed by atoms with Gasteiger partial charge < -0.3 is 10.6 Å². The number of anilines is 2. The minimum atomic E-state index is -3.04. The minimum Gasteiger partial charge on any atom is -0.326 e. The number of carbonyl (C=O) groups is 2. The van der Waals surface area contributed by atoms with Gasteiger partial charge in [0, 0.05) is 18.3 Å². The van der Waals surface area contributed by atoms with Crippen molar-refractivity contribution in [3.8, 4) is 0 Å². The maximum atomic E-state index is 12.9. The van der Waals surface area contributed by atoms with Crippen molar-refractivity contribution < 1.29 is 27.2 Å². The zero-order valence-corrected chi connectivity index (χ0v) is 13.0. The van der Waals surface area contributed by atoms with E-state index in [1.807, 2.05) is 0 Å². The van der Waals surface area contributed by atoms with Crippen molar-refractivity contribution >= 4 is 23.2 Å². The fourth-order valence-electron chi connectivity index (χ4n) is 2.04. The summed E-state index contributed by atoms with van der Waals surface area (Å²) in [6, 6.07) is 6.62. The van der Waals surface area contributed by atoms with Gasteiger partial charge in [-0.15, -0.1) is 0 Å².